The van der Waals surface area contributed by atoms with Crippen LogP contribution in [-0.4, -0.2) is 118 Å². The summed E-state index contributed by atoms with van der Waals surface area (Å²) in [4.78, 5) is 73.2. The Morgan fingerprint density at radius 1 is 0.965 bits per heavy atom. The number of fused-ring (bicyclic) bond motifs is 2. The Balaban J connectivity index is 1.52. The Bertz CT molecular complexity index is 1770. The van der Waals surface area contributed by atoms with Crippen LogP contribution in [0.4, 0.5) is 10.7 Å². The fourth-order valence-electron chi connectivity index (χ4n) is 7.10. The summed E-state index contributed by atoms with van der Waals surface area (Å²) < 4.78 is 51.6. The van der Waals surface area contributed by atoms with Gasteiger partial charge >= 0.3 is 35.2 Å². The molecular weight excluding hydrogens is 781 g/mol. The molecule has 4 N–H and O–H groups in total. The standard InChI is InChI=1S/C36H60N6O13Si2/c1-19(2)33(45)53-34(46)25(16-24(11)43)49-15-14-48-13-12-38-36(47)52-29-28-26(51-32(29)42-18-39-27-30(42)40-35(37)41-31(27)44)17-50-56(20(3)4,21(5)6)55-57(54-28,22(7)8)23(9)10/h18-23,25-26,28-29,32H,12-17H2,1-11H3,(H,38,47)(H3,37,40,41,44)/t25?,26-,28-,29-,32-/m1/s1. The second-order valence-corrected chi connectivity index (χ2v) is 24.8. The Labute approximate surface area is 334 Å². The summed E-state index contributed by atoms with van der Waals surface area (Å²) in [6.45, 7) is 21.3. The average molecular weight is 841 g/mol. The molecule has 320 valence electrons. The van der Waals surface area contributed by atoms with Gasteiger partial charge in [0.2, 0.25) is 5.95 Å². The van der Waals surface area contributed by atoms with E-state index in [1.54, 1.807) is 13.8 Å². The van der Waals surface area contributed by atoms with Crippen LogP contribution >= 0.6 is 0 Å². The molecule has 2 saturated heterocycles. The number of nitrogen functional groups attached to an aromatic ring is 1. The first kappa shape index (κ1) is 46.1. The number of nitrogens with one attached hydrogen (secondary N) is 2. The summed E-state index contributed by atoms with van der Waals surface area (Å²) >= 11 is 0. The van der Waals surface area contributed by atoms with Gasteiger partial charge in [-0.1, -0.05) is 69.2 Å². The zero-order valence-corrected chi connectivity index (χ0v) is 36.8. The fourth-order valence-corrected chi connectivity index (χ4v) is 18.3. The van der Waals surface area contributed by atoms with E-state index in [1.165, 1.54) is 17.8 Å². The number of esters is 2. The number of ether oxygens (including phenoxy) is 5. The van der Waals surface area contributed by atoms with E-state index in [1.807, 2.05) is 0 Å². The molecule has 0 aliphatic carbocycles. The molecule has 0 radical (unpaired) electrons. The Hall–Kier alpha value is -3.58. The van der Waals surface area contributed by atoms with Gasteiger partial charge < -0.3 is 47.7 Å². The molecule has 0 spiro atoms. The summed E-state index contributed by atoms with van der Waals surface area (Å²) in [6, 6.07) is 0. The molecule has 1 unspecified atom stereocenters. The van der Waals surface area contributed by atoms with Crippen molar-refractivity contribution in [2.45, 2.75) is 135 Å². The highest BCUT2D eigenvalue weighted by Gasteiger charge is 2.62. The van der Waals surface area contributed by atoms with Gasteiger partial charge in [-0.25, -0.2) is 14.6 Å². The van der Waals surface area contributed by atoms with Crippen molar-refractivity contribution in [1.29, 1.82) is 0 Å². The maximum Gasteiger partial charge on any atom is 0.407 e. The Morgan fingerprint density at radius 3 is 2.21 bits per heavy atom. The number of ketones is 1. The van der Waals surface area contributed by atoms with E-state index >= 15 is 0 Å². The largest absolute Gasteiger partial charge is 0.439 e. The second kappa shape index (κ2) is 19.5. The molecule has 57 heavy (non-hydrogen) atoms. The van der Waals surface area contributed by atoms with Crippen molar-refractivity contribution in [3.8, 4) is 0 Å². The maximum atomic E-state index is 13.5. The number of rotatable bonds is 17. The van der Waals surface area contributed by atoms with Crippen LogP contribution in [0.25, 0.3) is 11.2 Å². The molecule has 0 saturated carbocycles. The zero-order chi connectivity index (χ0) is 42.4. The lowest BCUT2D eigenvalue weighted by molar-refractivity contribution is -0.171. The number of Topliss-reactive ketones (excluding diaryl/α,β-unsaturated/α-hetero) is 1. The molecule has 2 aromatic heterocycles. The van der Waals surface area contributed by atoms with Gasteiger partial charge in [-0.3, -0.25) is 23.9 Å². The van der Waals surface area contributed by atoms with Crippen molar-refractivity contribution in [3.63, 3.8) is 0 Å². The van der Waals surface area contributed by atoms with Crippen molar-refractivity contribution in [1.82, 2.24) is 24.8 Å². The highest BCUT2D eigenvalue weighted by Crippen LogP contribution is 2.49. The Morgan fingerprint density at radius 2 is 1.61 bits per heavy atom. The van der Waals surface area contributed by atoms with Gasteiger partial charge in [0, 0.05) is 13.0 Å². The number of H-pyrrole nitrogens is 1. The lowest BCUT2D eigenvalue weighted by atomic mass is 10.1. The molecule has 2 fully saturated rings. The van der Waals surface area contributed by atoms with Crippen LogP contribution in [0.2, 0.25) is 22.2 Å². The van der Waals surface area contributed by atoms with Crippen molar-refractivity contribution >= 4 is 58.0 Å². The van der Waals surface area contributed by atoms with Gasteiger partial charge in [-0.05, 0) is 29.1 Å². The number of nitrogens with zero attached hydrogens (tertiary/aromatic N) is 3. The van der Waals surface area contributed by atoms with Crippen molar-refractivity contribution in [2.75, 3.05) is 38.7 Å². The number of anilines is 1. The number of aromatic amines is 1. The normalized spacial score (nSPS) is 22.5. The lowest BCUT2D eigenvalue weighted by Gasteiger charge is -2.51. The Kier molecular flexibility index (Phi) is 15.7. The summed E-state index contributed by atoms with van der Waals surface area (Å²) in [7, 11) is -6.13. The molecular formula is C36H60N6O13Si2. The summed E-state index contributed by atoms with van der Waals surface area (Å²) in [5, 5.41) is 2.69. The SMILES string of the molecule is CC(=O)CC(OCCOCCNC(=O)O[C@@H]1[C@@H]2O[Si](C(C)C)(C(C)C)O[Si](C(C)C)(C(C)C)OC[C@H]2O[C@H]1n1cnc2c(=O)[nH]c(N)nc21)C(=O)OC(=O)C(C)C. The van der Waals surface area contributed by atoms with E-state index in [9.17, 15) is 24.0 Å². The summed E-state index contributed by atoms with van der Waals surface area (Å²) in [5.41, 5.74) is 5.65. The highest BCUT2D eigenvalue weighted by atomic mass is 28.5. The van der Waals surface area contributed by atoms with E-state index in [2.05, 4.69) is 75.7 Å². The molecule has 2 aromatic rings. The first-order chi connectivity index (χ1) is 26.7. The second-order valence-electron chi connectivity index (χ2n) is 16.0. The van der Waals surface area contributed by atoms with Gasteiger partial charge in [0.25, 0.3) is 5.56 Å². The molecule has 4 heterocycles. The first-order valence-corrected chi connectivity index (χ1v) is 23.5. The van der Waals surface area contributed by atoms with E-state index in [-0.39, 0.29) is 84.5 Å². The van der Waals surface area contributed by atoms with Crippen molar-refractivity contribution in [2.24, 2.45) is 5.92 Å². The molecule has 0 bridgehead atoms. The first-order valence-electron chi connectivity index (χ1n) is 19.5. The minimum Gasteiger partial charge on any atom is -0.439 e. The van der Waals surface area contributed by atoms with Crippen molar-refractivity contribution in [3.05, 3.63) is 16.7 Å². The molecule has 2 aliphatic heterocycles. The van der Waals surface area contributed by atoms with E-state index in [0.717, 1.165) is 0 Å². The summed E-state index contributed by atoms with van der Waals surface area (Å²) in [6.07, 6.45) is -4.64. The topological polar surface area (TPSA) is 244 Å². The molecule has 4 rings (SSSR count). The lowest BCUT2D eigenvalue weighted by Crippen LogP contribution is -2.66. The minimum absolute atomic E-state index is 0.00428. The van der Waals surface area contributed by atoms with Gasteiger partial charge in [-0.2, -0.15) is 4.98 Å². The maximum absolute atomic E-state index is 13.5. The minimum atomic E-state index is -3.19. The number of hydrogen-bond acceptors (Lipinski definition) is 16. The van der Waals surface area contributed by atoms with Crippen LogP contribution in [0.5, 0.6) is 0 Å². The highest BCUT2D eigenvalue weighted by molar-refractivity contribution is 6.84. The molecule has 21 heteroatoms. The number of amides is 1. The number of alkyl carbamates (subject to hydrolysis) is 1. The van der Waals surface area contributed by atoms with Crippen molar-refractivity contribution < 1.29 is 55.8 Å². The molecule has 1 amide bonds. The van der Waals surface area contributed by atoms with Crippen LogP contribution < -0.4 is 16.6 Å². The zero-order valence-electron chi connectivity index (χ0n) is 34.8. The van der Waals surface area contributed by atoms with E-state index < -0.39 is 77.3 Å². The van der Waals surface area contributed by atoms with Gasteiger partial charge in [0.05, 0.1) is 38.7 Å². The average Bonchev–Trinajstić information content (AvgIpc) is 3.66. The van der Waals surface area contributed by atoms with Crippen LogP contribution in [0.15, 0.2) is 11.1 Å². The molecule has 2 aliphatic rings. The number of imidazole rings is 1. The number of hydrogen-bond donors (Lipinski definition) is 3. The van der Waals surface area contributed by atoms with Crippen LogP contribution in [-0.2, 0) is 51.0 Å². The van der Waals surface area contributed by atoms with Crippen LogP contribution in [0.3, 0.4) is 0 Å². The molecule has 19 nitrogen and oxygen atoms in total. The fraction of sp³-hybridized carbons (Fsp3) is 0.750. The van der Waals surface area contributed by atoms with Gasteiger partial charge in [-0.15, -0.1) is 0 Å². The molecule has 0 aromatic carbocycles. The van der Waals surface area contributed by atoms with Crippen LogP contribution in [0, 0.1) is 5.92 Å². The number of aromatic nitrogens is 4. The third kappa shape index (κ3) is 10.5. The monoisotopic (exact) mass is 840 g/mol. The number of carbonyl (C=O) groups excluding carboxylic acids is 4. The summed E-state index contributed by atoms with van der Waals surface area (Å²) in [5.74, 6) is -2.65. The van der Waals surface area contributed by atoms with E-state index in [4.69, 9.17) is 42.4 Å². The van der Waals surface area contributed by atoms with Gasteiger partial charge in [0.1, 0.15) is 18.0 Å². The predicted molar refractivity (Wildman–Crippen MR) is 210 cm³/mol. The quantitative estimate of drug-likeness (QED) is 0.0889. The molecule has 5 atom stereocenters. The van der Waals surface area contributed by atoms with Crippen LogP contribution in [0.1, 0.15) is 88.8 Å². The third-order valence-corrected chi connectivity index (χ3v) is 20.3. The number of nitrogens with two attached hydrogens (primary N) is 1. The van der Waals surface area contributed by atoms with E-state index in [0.29, 0.717) is 0 Å². The smallest absolute Gasteiger partial charge is 0.407 e. The third-order valence-electron chi connectivity index (χ3n) is 10.1. The van der Waals surface area contributed by atoms with Gasteiger partial charge in [0.15, 0.2) is 29.6 Å². The number of carbonyl (C=O) groups is 4. The predicted octanol–water partition coefficient (Wildman–Crippen LogP) is 3.76.